The Morgan fingerprint density at radius 2 is 1.64 bits per heavy atom. The Morgan fingerprint density at radius 3 is 2.32 bits per heavy atom. The maximum atomic E-state index is 13.1. The minimum atomic E-state index is -0.151. The summed E-state index contributed by atoms with van der Waals surface area (Å²) in [4.78, 5) is 32.3. The van der Waals surface area contributed by atoms with Crippen molar-refractivity contribution in [1.29, 1.82) is 0 Å². The number of anilines is 1. The molecule has 0 radical (unpaired) electrons. The van der Waals surface area contributed by atoms with Gasteiger partial charge in [0.1, 0.15) is 0 Å². The molecule has 0 aliphatic carbocycles. The number of rotatable bonds is 5. The van der Waals surface area contributed by atoms with Crippen LogP contribution in [0.3, 0.4) is 0 Å². The number of aromatic amines is 1. The standard InChI is InChI=1S/C23H25N3O2/c1-16(23(28)21-15-24-22-6-4-3-5-20(21)22)25-11-13-26(14-12-25)19-9-7-18(8-10-19)17(2)27/h3-10,15-16,24H,11-14H2,1-2H3/t16-/m0/s1. The Bertz CT molecular complexity index is 998. The van der Waals surface area contributed by atoms with Gasteiger partial charge in [0.05, 0.1) is 6.04 Å². The van der Waals surface area contributed by atoms with E-state index in [1.807, 2.05) is 61.7 Å². The minimum Gasteiger partial charge on any atom is -0.369 e. The Labute approximate surface area is 165 Å². The number of nitrogens with zero attached hydrogens (tertiary/aromatic N) is 2. The molecule has 5 nitrogen and oxygen atoms in total. The average Bonchev–Trinajstić information content (AvgIpc) is 3.17. The predicted molar refractivity (Wildman–Crippen MR) is 112 cm³/mol. The van der Waals surface area contributed by atoms with Crippen molar-refractivity contribution in [2.24, 2.45) is 0 Å². The third-order valence-corrected chi connectivity index (χ3v) is 5.74. The molecular weight excluding hydrogens is 350 g/mol. The van der Waals surface area contributed by atoms with Crippen molar-refractivity contribution in [2.75, 3.05) is 31.1 Å². The van der Waals surface area contributed by atoms with Crippen molar-refractivity contribution in [3.05, 3.63) is 65.9 Å². The summed E-state index contributed by atoms with van der Waals surface area (Å²) in [7, 11) is 0. The number of piperazine rings is 1. The van der Waals surface area contributed by atoms with Gasteiger partial charge in [-0.15, -0.1) is 0 Å². The quantitative estimate of drug-likeness (QED) is 0.690. The molecule has 1 saturated heterocycles. The summed E-state index contributed by atoms with van der Waals surface area (Å²) in [6.45, 7) is 6.99. The highest BCUT2D eigenvalue weighted by atomic mass is 16.1. The molecule has 0 bridgehead atoms. The monoisotopic (exact) mass is 375 g/mol. The van der Waals surface area contributed by atoms with E-state index < -0.39 is 0 Å². The fourth-order valence-corrected chi connectivity index (χ4v) is 3.94. The van der Waals surface area contributed by atoms with Gasteiger partial charge in [-0.1, -0.05) is 18.2 Å². The van der Waals surface area contributed by atoms with Crippen molar-refractivity contribution < 1.29 is 9.59 Å². The number of para-hydroxylation sites is 1. The van der Waals surface area contributed by atoms with E-state index >= 15 is 0 Å². The number of benzene rings is 2. The molecular formula is C23H25N3O2. The maximum Gasteiger partial charge on any atom is 0.181 e. The lowest BCUT2D eigenvalue weighted by atomic mass is 10.0. The molecule has 3 aromatic rings. The third kappa shape index (κ3) is 3.45. The first kappa shape index (κ1) is 18.4. The van der Waals surface area contributed by atoms with E-state index in [1.54, 1.807) is 6.92 Å². The van der Waals surface area contributed by atoms with Crippen LogP contribution in [0.25, 0.3) is 10.9 Å². The second-order valence-electron chi connectivity index (χ2n) is 7.41. The maximum absolute atomic E-state index is 13.1. The van der Waals surface area contributed by atoms with Crippen LogP contribution in [-0.2, 0) is 0 Å². The zero-order valence-electron chi connectivity index (χ0n) is 16.3. The summed E-state index contributed by atoms with van der Waals surface area (Å²) >= 11 is 0. The molecule has 5 heteroatoms. The molecule has 4 rings (SSSR count). The third-order valence-electron chi connectivity index (χ3n) is 5.74. The number of H-pyrrole nitrogens is 1. The van der Waals surface area contributed by atoms with E-state index in [9.17, 15) is 9.59 Å². The summed E-state index contributed by atoms with van der Waals surface area (Å²) in [6, 6.07) is 15.6. The zero-order chi connectivity index (χ0) is 19.7. The molecule has 2 aromatic carbocycles. The van der Waals surface area contributed by atoms with E-state index in [1.165, 1.54) is 0 Å². The number of fused-ring (bicyclic) bond motifs is 1. The summed E-state index contributed by atoms with van der Waals surface area (Å²) in [5.74, 6) is 0.248. The number of ketones is 2. The largest absolute Gasteiger partial charge is 0.369 e. The highest BCUT2D eigenvalue weighted by Crippen LogP contribution is 2.22. The van der Waals surface area contributed by atoms with Crippen molar-refractivity contribution in [3.8, 4) is 0 Å². The average molecular weight is 375 g/mol. The van der Waals surface area contributed by atoms with E-state index in [0.717, 1.165) is 53.9 Å². The lowest BCUT2D eigenvalue weighted by molar-refractivity contribution is 0.0831. The number of nitrogens with one attached hydrogen (secondary N) is 1. The molecule has 1 fully saturated rings. The van der Waals surface area contributed by atoms with Crippen LogP contribution in [0.2, 0.25) is 0 Å². The molecule has 1 aliphatic rings. The van der Waals surface area contributed by atoms with Crippen molar-refractivity contribution in [2.45, 2.75) is 19.9 Å². The zero-order valence-corrected chi connectivity index (χ0v) is 16.3. The van der Waals surface area contributed by atoms with Crippen molar-refractivity contribution >= 4 is 28.2 Å². The molecule has 1 N–H and O–H groups in total. The fourth-order valence-electron chi connectivity index (χ4n) is 3.94. The molecule has 0 amide bonds. The summed E-state index contributed by atoms with van der Waals surface area (Å²) < 4.78 is 0. The Balaban J connectivity index is 1.41. The summed E-state index contributed by atoms with van der Waals surface area (Å²) in [5, 5.41) is 0.989. The second-order valence-corrected chi connectivity index (χ2v) is 7.41. The first-order valence-corrected chi connectivity index (χ1v) is 9.75. The normalized spacial score (nSPS) is 16.3. The summed E-state index contributed by atoms with van der Waals surface area (Å²) in [6.07, 6.45) is 1.83. The van der Waals surface area contributed by atoms with Crippen LogP contribution >= 0.6 is 0 Å². The van der Waals surface area contributed by atoms with Crippen LogP contribution in [0.1, 0.15) is 34.6 Å². The second kappa shape index (κ2) is 7.60. The number of Topliss-reactive ketones (excluding diaryl/α,β-unsaturated/α-hetero) is 2. The van der Waals surface area contributed by atoms with Crippen LogP contribution < -0.4 is 4.90 Å². The number of aromatic nitrogens is 1. The number of carbonyl (C=O) groups excluding carboxylic acids is 2. The molecule has 0 saturated carbocycles. The van der Waals surface area contributed by atoms with Gasteiger partial charge < -0.3 is 9.88 Å². The number of carbonyl (C=O) groups is 2. The predicted octanol–water partition coefficient (Wildman–Crippen LogP) is 3.76. The number of hydrogen-bond acceptors (Lipinski definition) is 4. The Kier molecular flexibility index (Phi) is 5.01. The first-order chi connectivity index (χ1) is 13.5. The van der Waals surface area contributed by atoms with Crippen LogP contribution in [0.15, 0.2) is 54.7 Å². The smallest absolute Gasteiger partial charge is 0.181 e. The molecule has 2 heterocycles. The molecule has 0 unspecified atom stereocenters. The molecule has 144 valence electrons. The van der Waals surface area contributed by atoms with E-state index in [-0.39, 0.29) is 17.6 Å². The lowest BCUT2D eigenvalue weighted by Gasteiger charge is -2.38. The van der Waals surface area contributed by atoms with Gasteiger partial charge in [0.25, 0.3) is 0 Å². The highest BCUT2D eigenvalue weighted by Gasteiger charge is 2.27. The van der Waals surface area contributed by atoms with Crippen LogP contribution in [0, 0.1) is 0 Å². The van der Waals surface area contributed by atoms with Gasteiger partial charge in [0.2, 0.25) is 0 Å². The first-order valence-electron chi connectivity index (χ1n) is 9.75. The Morgan fingerprint density at radius 1 is 0.964 bits per heavy atom. The fraction of sp³-hybridized carbons (Fsp3) is 0.304. The summed E-state index contributed by atoms with van der Waals surface area (Å²) in [5.41, 5.74) is 3.63. The van der Waals surface area contributed by atoms with E-state index in [0.29, 0.717) is 0 Å². The molecule has 0 spiro atoms. The highest BCUT2D eigenvalue weighted by molar-refractivity contribution is 6.10. The van der Waals surface area contributed by atoms with Gasteiger partial charge in [-0.2, -0.15) is 0 Å². The van der Waals surface area contributed by atoms with E-state index in [2.05, 4.69) is 14.8 Å². The van der Waals surface area contributed by atoms with Crippen molar-refractivity contribution in [1.82, 2.24) is 9.88 Å². The van der Waals surface area contributed by atoms with Crippen LogP contribution in [0.4, 0.5) is 5.69 Å². The SMILES string of the molecule is CC(=O)c1ccc(N2CCN([C@@H](C)C(=O)c3c[nH]c4ccccc34)CC2)cc1. The van der Waals surface area contributed by atoms with Crippen molar-refractivity contribution in [3.63, 3.8) is 0 Å². The topological polar surface area (TPSA) is 56.4 Å². The van der Waals surface area contributed by atoms with Gasteiger partial charge in [0, 0.05) is 60.1 Å². The van der Waals surface area contributed by atoms with Gasteiger partial charge in [-0.25, -0.2) is 0 Å². The van der Waals surface area contributed by atoms with Crippen LogP contribution in [0.5, 0.6) is 0 Å². The molecule has 1 atom stereocenters. The van der Waals surface area contributed by atoms with Gasteiger partial charge in [0.15, 0.2) is 11.6 Å². The molecule has 28 heavy (non-hydrogen) atoms. The number of hydrogen-bond donors (Lipinski definition) is 1. The molecule has 1 aromatic heterocycles. The van der Waals surface area contributed by atoms with Gasteiger partial charge in [-0.3, -0.25) is 14.5 Å². The van der Waals surface area contributed by atoms with Gasteiger partial charge in [-0.05, 0) is 44.2 Å². The molecule has 1 aliphatic heterocycles. The minimum absolute atomic E-state index is 0.0842. The van der Waals surface area contributed by atoms with Crippen LogP contribution in [-0.4, -0.2) is 53.7 Å². The lowest BCUT2D eigenvalue weighted by Crippen LogP contribution is -2.51. The van der Waals surface area contributed by atoms with E-state index in [4.69, 9.17) is 0 Å². The Hall–Kier alpha value is -2.92. The van der Waals surface area contributed by atoms with Gasteiger partial charge >= 0.3 is 0 Å².